The van der Waals surface area contributed by atoms with Crippen molar-refractivity contribution in [3.63, 3.8) is 0 Å². The molecule has 25 heavy (non-hydrogen) atoms. The fourth-order valence-electron chi connectivity index (χ4n) is 3.70. The molecule has 6 heteroatoms. The third-order valence-electron chi connectivity index (χ3n) is 5.55. The van der Waals surface area contributed by atoms with Crippen LogP contribution in [0.3, 0.4) is 0 Å². The first-order chi connectivity index (χ1) is 12.2. The van der Waals surface area contributed by atoms with E-state index in [2.05, 4.69) is 10.3 Å². The number of nitrogens with one attached hydrogen (secondary N) is 1. The van der Waals surface area contributed by atoms with Crippen LogP contribution in [0.1, 0.15) is 80.6 Å². The predicted octanol–water partition coefficient (Wildman–Crippen LogP) is 3.03. The normalized spacial score (nSPS) is 20.6. The van der Waals surface area contributed by atoms with Gasteiger partial charge in [0.15, 0.2) is 5.69 Å². The summed E-state index contributed by atoms with van der Waals surface area (Å²) in [4.78, 5) is 30.9. The molecule has 3 aliphatic rings. The number of carbonyl (C=O) groups is 2. The van der Waals surface area contributed by atoms with E-state index in [0.29, 0.717) is 36.6 Å². The summed E-state index contributed by atoms with van der Waals surface area (Å²) >= 11 is 0. The molecule has 0 radical (unpaired) electrons. The quantitative estimate of drug-likeness (QED) is 0.786. The lowest BCUT2D eigenvalue weighted by Crippen LogP contribution is -2.33. The van der Waals surface area contributed by atoms with Crippen LogP contribution in [0, 0.1) is 5.92 Å². The van der Waals surface area contributed by atoms with E-state index < -0.39 is 0 Å². The Hall–Kier alpha value is -1.85. The molecule has 6 nitrogen and oxygen atoms in total. The van der Waals surface area contributed by atoms with Crippen molar-refractivity contribution in [2.75, 3.05) is 0 Å². The van der Waals surface area contributed by atoms with Gasteiger partial charge in [0.2, 0.25) is 11.8 Å². The van der Waals surface area contributed by atoms with E-state index in [-0.39, 0.29) is 11.8 Å². The second kappa shape index (κ2) is 7.18. The summed E-state index contributed by atoms with van der Waals surface area (Å²) in [6, 6.07) is 0.625. The second-order valence-electron chi connectivity index (χ2n) is 7.82. The van der Waals surface area contributed by atoms with Crippen molar-refractivity contribution in [1.82, 2.24) is 15.2 Å². The molecule has 0 bridgehead atoms. The van der Waals surface area contributed by atoms with Crippen molar-refractivity contribution < 1.29 is 14.0 Å². The Kier molecular flexibility index (Phi) is 4.77. The summed E-state index contributed by atoms with van der Waals surface area (Å²) in [7, 11) is 0. The van der Waals surface area contributed by atoms with Gasteiger partial charge in [-0.1, -0.05) is 25.7 Å². The van der Waals surface area contributed by atoms with Crippen LogP contribution in [0.2, 0.25) is 0 Å². The lowest BCUT2D eigenvalue weighted by atomic mass is 10.0. The summed E-state index contributed by atoms with van der Waals surface area (Å²) in [6.45, 7) is 0.380. The maximum absolute atomic E-state index is 12.7. The lowest BCUT2D eigenvalue weighted by Gasteiger charge is -2.21. The maximum atomic E-state index is 12.7. The zero-order chi connectivity index (χ0) is 17.2. The number of carbonyl (C=O) groups excluding carboxylic acids is 2. The van der Waals surface area contributed by atoms with Crippen LogP contribution >= 0.6 is 0 Å². The molecule has 1 aromatic heterocycles. The molecule has 0 atom stereocenters. The van der Waals surface area contributed by atoms with Crippen molar-refractivity contribution in [1.29, 1.82) is 0 Å². The van der Waals surface area contributed by atoms with Gasteiger partial charge in [0.05, 0.1) is 6.54 Å². The fourth-order valence-corrected chi connectivity index (χ4v) is 3.70. The van der Waals surface area contributed by atoms with Gasteiger partial charge in [-0.05, 0) is 38.0 Å². The molecule has 1 aromatic rings. The van der Waals surface area contributed by atoms with Crippen molar-refractivity contribution in [3.05, 3.63) is 17.8 Å². The Morgan fingerprint density at radius 1 is 1.16 bits per heavy atom. The predicted molar refractivity (Wildman–Crippen MR) is 91.8 cm³/mol. The molecule has 0 unspecified atom stereocenters. The minimum atomic E-state index is -0.178. The van der Waals surface area contributed by atoms with Crippen molar-refractivity contribution >= 4 is 11.8 Å². The Balaban J connectivity index is 1.32. The molecule has 3 saturated carbocycles. The van der Waals surface area contributed by atoms with E-state index in [1.165, 1.54) is 31.9 Å². The van der Waals surface area contributed by atoms with Gasteiger partial charge in [-0.2, -0.15) is 0 Å². The summed E-state index contributed by atoms with van der Waals surface area (Å²) in [5.41, 5.74) is 0.316. The van der Waals surface area contributed by atoms with Gasteiger partial charge in [-0.15, -0.1) is 0 Å². The lowest BCUT2D eigenvalue weighted by molar-refractivity contribution is -0.133. The third-order valence-corrected chi connectivity index (χ3v) is 5.55. The monoisotopic (exact) mass is 345 g/mol. The largest absolute Gasteiger partial charge is 0.446 e. The van der Waals surface area contributed by atoms with Crippen LogP contribution in [0.15, 0.2) is 10.7 Å². The Labute approximate surface area is 148 Å². The van der Waals surface area contributed by atoms with Crippen LogP contribution in [-0.4, -0.2) is 33.8 Å². The summed E-state index contributed by atoms with van der Waals surface area (Å²) < 4.78 is 5.46. The molecule has 0 saturated heterocycles. The van der Waals surface area contributed by atoms with Gasteiger partial charge in [0.1, 0.15) is 6.26 Å². The minimum absolute atomic E-state index is 0.178. The molecule has 4 rings (SSSR count). The topological polar surface area (TPSA) is 75.4 Å². The van der Waals surface area contributed by atoms with Crippen LogP contribution in [0.25, 0.3) is 0 Å². The third kappa shape index (κ3) is 4.41. The first-order valence-corrected chi connectivity index (χ1v) is 9.74. The van der Waals surface area contributed by atoms with Crippen LogP contribution < -0.4 is 5.32 Å². The number of aromatic nitrogens is 1. The molecule has 3 fully saturated rings. The summed E-state index contributed by atoms with van der Waals surface area (Å²) in [6.07, 6.45) is 12.4. The van der Waals surface area contributed by atoms with Gasteiger partial charge in [-0.25, -0.2) is 4.98 Å². The SMILES string of the molecule is O=C(NC1CC1)c1coc(CN(C(=O)CCC2CCCC2)C2CC2)n1. The number of hydrogen-bond acceptors (Lipinski definition) is 4. The number of amides is 2. The second-order valence-corrected chi connectivity index (χ2v) is 7.82. The van der Waals surface area contributed by atoms with Crippen LogP contribution in [0.4, 0.5) is 0 Å². The molecule has 1 heterocycles. The smallest absolute Gasteiger partial charge is 0.273 e. The average molecular weight is 345 g/mol. The zero-order valence-corrected chi connectivity index (χ0v) is 14.7. The first kappa shape index (κ1) is 16.6. The maximum Gasteiger partial charge on any atom is 0.273 e. The molecule has 2 amide bonds. The number of rotatable bonds is 8. The fraction of sp³-hybridized carbons (Fsp3) is 0.737. The van der Waals surface area contributed by atoms with Gasteiger partial charge >= 0.3 is 0 Å². The summed E-state index contributed by atoms with van der Waals surface area (Å²) in [5.74, 6) is 1.21. The molecule has 0 aromatic carbocycles. The standard InChI is InChI=1S/C19H27N3O3/c23-18(10-5-13-3-1-2-4-13)22(15-8-9-15)11-17-21-16(12-25-17)19(24)20-14-6-7-14/h12-15H,1-11H2,(H,20,24). The van der Waals surface area contributed by atoms with E-state index in [4.69, 9.17) is 4.42 Å². The highest BCUT2D eigenvalue weighted by Gasteiger charge is 2.34. The highest BCUT2D eigenvalue weighted by molar-refractivity contribution is 5.92. The Morgan fingerprint density at radius 3 is 2.60 bits per heavy atom. The Bertz CT molecular complexity index is 628. The molecule has 1 N–H and O–H groups in total. The van der Waals surface area contributed by atoms with Gasteiger partial charge in [0, 0.05) is 18.5 Å². The van der Waals surface area contributed by atoms with Crippen LogP contribution in [-0.2, 0) is 11.3 Å². The molecular weight excluding hydrogens is 318 g/mol. The van der Waals surface area contributed by atoms with E-state index in [1.807, 2.05) is 4.90 Å². The Morgan fingerprint density at radius 2 is 1.92 bits per heavy atom. The van der Waals surface area contributed by atoms with Crippen molar-refractivity contribution in [3.8, 4) is 0 Å². The van der Waals surface area contributed by atoms with E-state index in [0.717, 1.165) is 38.0 Å². The van der Waals surface area contributed by atoms with Crippen LogP contribution in [0.5, 0.6) is 0 Å². The molecule has 136 valence electrons. The zero-order valence-electron chi connectivity index (χ0n) is 14.7. The summed E-state index contributed by atoms with van der Waals surface area (Å²) in [5, 5.41) is 2.90. The molecule has 3 aliphatic carbocycles. The molecular formula is C19H27N3O3. The van der Waals surface area contributed by atoms with E-state index >= 15 is 0 Å². The van der Waals surface area contributed by atoms with Crippen molar-refractivity contribution in [2.24, 2.45) is 5.92 Å². The van der Waals surface area contributed by atoms with Crippen molar-refractivity contribution in [2.45, 2.75) is 82.8 Å². The van der Waals surface area contributed by atoms with Gasteiger partial charge < -0.3 is 14.6 Å². The number of hydrogen-bond donors (Lipinski definition) is 1. The van der Waals surface area contributed by atoms with Gasteiger partial charge in [0.25, 0.3) is 5.91 Å². The number of nitrogens with zero attached hydrogens (tertiary/aromatic N) is 2. The molecule has 0 aliphatic heterocycles. The van der Waals surface area contributed by atoms with Gasteiger partial charge in [-0.3, -0.25) is 9.59 Å². The highest BCUT2D eigenvalue weighted by Crippen LogP contribution is 2.32. The highest BCUT2D eigenvalue weighted by atomic mass is 16.3. The van der Waals surface area contributed by atoms with E-state index in [1.54, 1.807) is 0 Å². The minimum Gasteiger partial charge on any atom is -0.446 e. The first-order valence-electron chi connectivity index (χ1n) is 9.74. The average Bonchev–Trinajstić information content (AvgIpc) is 3.51. The van der Waals surface area contributed by atoms with E-state index in [9.17, 15) is 9.59 Å². The number of oxazole rings is 1. The molecule has 0 spiro atoms.